The van der Waals surface area contributed by atoms with Gasteiger partial charge in [-0.3, -0.25) is 4.79 Å². The molecule has 1 fully saturated rings. The Balaban J connectivity index is 2.55. The summed E-state index contributed by atoms with van der Waals surface area (Å²) in [7, 11) is 3.82. The highest BCUT2D eigenvalue weighted by molar-refractivity contribution is 5.75. The van der Waals surface area contributed by atoms with E-state index in [1.165, 1.54) is 0 Å². The van der Waals surface area contributed by atoms with Crippen molar-refractivity contribution in [3.8, 4) is 0 Å². The second-order valence-corrected chi connectivity index (χ2v) is 4.76. The lowest BCUT2D eigenvalue weighted by molar-refractivity contribution is -0.122. The van der Waals surface area contributed by atoms with Crippen LogP contribution in [-0.2, 0) is 4.79 Å². The molecule has 1 N–H and O–H groups in total. The van der Waals surface area contributed by atoms with Crippen LogP contribution in [0.4, 0.5) is 0 Å². The zero-order valence-corrected chi connectivity index (χ0v) is 9.05. The summed E-state index contributed by atoms with van der Waals surface area (Å²) in [5.41, 5.74) is 0.279. The van der Waals surface area contributed by atoms with Crippen LogP contribution in [0.25, 0.3) is 0 Å². The van der Waals surface area contributed by atoms with Crippen molar-refractivity contribution in [1.29, 1.82) is 0 Å². The fourth-order valence-electron chi connectivity index (χ4n) is 2.18. The van der Waals surface area contributed by atoms with Crippen molar-refractivity contribution in [3.05, 3.63) is 0 Å². The summed E-state index contributed by atoms with van der Waals surface area (Å²) < 4.78 is 0. The fourth-order valence-corrected chi connectivity index (χ4v) is 2.18. The number of amides is 1. The van der Waals surface area contributed by atoms with Crippen LogP contribution in [0.15, 0.2) is 0 Å². The van der Waals surface area contributed by atoms with E-state index in [9.17, 15) is 4.79 Å². The first-order chi connectivity index (χ1) is 5.95. The third-order valence-corrected chi connectivity index (χ3v) is 3.03. The van der Waals surface area contributed by atoms with Crippen LogP contribution >= 0.6 is 0 Å². The number of rotatable bonds is 2. The van der Waals surface area contributed by atoms with Crippen molar-refractivity contribution in [3.63, 3.8) is 0 Å². The molecule has 0 bridgehead atoms. The number of hydrogen-bond donors (Lipinski definition) is 1. The van der Waals surface area contributed by atoms with Gasteiger partial charge in [-0.2, -0.15) is 0 Å². The molecule has 3 heteroatoms. The molecular weight excluding hydrogens is 164 g/mol. The molecule has 13 heavy (non-hydrogen) atoms. The normalized spacial score (nSPS) is 27.5. The van der Waals surface area contributed by atoms with Crippen molar-refractivity contribution < 1.29 is 4.79 Å². The van der Waals surface area contributed by atoms with Gasteiger partial charge in [-0.25, -0.2) is 0 Å². The molecule has 1 aliphatic heterocycles. The average molecular weight is 184 g/mol. The molecule has 1 atom stereocenters. The summed E-state index contributed by atoms with van der Waals surface area (Å²) >= 11 is 0. The molecule has 0 aromatic carbocycles. The maximum atomic E-state index is 11.2. The molecule has 0 aromatic heterocycles. The van der Waals surface area contributed by atoms with Crippen LogP contribution in [0.2, 0.25) is 0 Å². The van der Waals surface area contributed by atoms with Crippen LogP contribution in [0.3, 0.4) is 0 Å². The van der Waals surface area contributed by atoms with Crippen molar-refractivity contribution >= 4 is 5.91 Å². The molecule has 0 spiro atoms. The van der Waals surface area contributed by atoms with Gasteiger partial charge in [-0.1, -0.05) is 13.8 Å². The molecule has 1 saturated heterocycles. The van der Waals surface area contributed by atoms with Gasteiger partial charge in [0, 0.05) is 26.6 Å². The lowest BCUT2D eigenvalue weighted by Gasteiger charge is -2.24. The van der Waals surface area contributed by atoms with E-state index in [1.54, 1.807) is 7.05 Å². The summed E-state index contributed by atoms with van der Waals surface area (Å²) in [6.07, 6.45) is 0.661. The zero-order valence-electron chi connectivity index (χ0n) is 9.05. The Bertz CT molecular complexity index is 201. The lowest BCUT2D eigenvalue weighted by atomic mass is 9.80. The van der Waals surface area contributed by atoms with E-state index in [1.807, 2.05) is 0 Å². The summed E-state index contributed by atoms with van der Waals surface area (Å²) in [5, 5.41) is 2.69. The Morgan fingerprint density at radius 3 is 2.62 bits per heavy atom. The molecule has 0 aromatic rings. The molecular formula is C10H20N2O. The summed E-state index contributed by atoms with van der Waals surface area (Å²) in [6.45, 7) is 6.61. The maximum Gasteiger partial charge on any atom is 0.220 e. The standard InChI is InChI=1S/C10H20N2O/c1-10(2)7-12(4)6-8(10)5-9(13)11-3/h8H,5-7H2,1-4H3,(H,11,13)/t8-/m0/s1. The molecule has 0 saturated carbocycles. The number of nitrogens with zero attached hydrogens (tertiary/aromatic N) is 1. The lowest BCUT2D eigenvalue weighted by Crippen LogP contribution is -2.28. The van der Waals surface area contributed by atoms with E-state index < -0.39 is 0 Å². The molecule has 0 unspecified atom stereocenters. The van der Waals surface area contributed by atoms with Crippen LogP contribution in [0, 0.1) is 11.3 Å². The van der Waals surface area contributed by atoms with Gasteiger partial charge in [0.1, 0.15) is 0 Å². The average Bonchev–Trinajstić information content (AvgIpc) is 2.24. The molecule has 1 rings (SSSR count). The third-order valence-electron chi connectivity index (χ3n) is 3.03. The number of likely N-dealkylation sites (tertiary alicyclic amines) is 1. The van der Waals surface area contributed by atoms with Gasteiger partial charge in [-0.05, 0) is 18.4 Å². The Morgan fingerprint density at radius 2 is 2.23 bits per heavy atom. The Labute approximate surface area is 80.5 Å². The molecule has 1 heterocycles. The number of carbonyl (C=O) groups is 1. The van der Waals surface area contributed by atoms with Crippen LogP contribution in [-0.4, -0.2) is 38.0 Å². The van der Waals surface area contributed by atoms with Gasteiger partial charge in [0.2, 0.25) is 5.91 Å². The largest absolute Gasteiger partial charge is 0.359 e. The van der Waals surface area contributed by atoms with Gasteiger partial charge in [0.25, 0.3) is 0 Å². The van der Waals surface area contributed by atoms with Crippen LogP contribution in [0.5, 0.6) is 0 Å². The predicted octanol–water partition coefficient (Wildman–Crippen LogP) is 0.710. The summed E-state index contributed by atoms with van der Waals surface area (Å²) in [6, 6.07) is 0. The minimum atomic E-state index is 0.161. The van der Waals surface area contributed by atoms with E-state index in [0.717, 1.165) is 13.1 Å². The smallest absolute Gasteiger partial charge is 0.220 e. The molecule has 0 aliphatic carbocycles. The van der Waals surface area contributed by atoms with E-state index in [0.29, 0.717) is 12.3 Å². The SMILES string of the molecule is CNC(=O)C[C@H]1CN(C)CC1(C)C. The van der Waals surface area contributed by atoms with Crippen molar-refractivity contribution in [1.82, 2.24) is 10.2 Å². The van der Waals surface area contributed by atoms with E-state index in [-0.39, 0.29) is 11.3 Å². The monoisotopic (exact) mass is 184 g/mol. The molecule has 1 amide bonds. The number of nitrogens with one attached hydrogen (secondary N) is 1. The number of carbonyl (C=O) groups excluding carboxylic acids is 1. The van der Waals surface area contributed by atoms with Gasteiger partial charge in [0.05, 0.1) is 0 Å². The molecule has 76 valence electrons. The molecule has 1 aliphatic rings. The van der Waals surface area contributed by atoms with Crippen molar-refractivity contribution in [2.75, 3.05) is 27.2 Å². The summed E-state index contributed by atoms with van der Waals surface area (Å²) in [4.78, 5) is 13.5. The fraction of sp³-hybridized carbons (Fsp3) is 0.900. The first kappa shape index (κ1) is 10.5. The van der Waals surface area contributed by atoms with Gasteiger partial charge < -0.3 is 10.2 Å². The molecule has 3 nitrogen and oxygen atoms in total. The van der Waals surface area contributed by atoms with Crippen LogP contribution in [0.1, 0.15) is 20.3 Å². The van der Waals surface area contributed by atoms with E-state index >= 15 is 0 Å². The number of hydrogen-bond acceptors (Lipinski definition) is 2. The van der Waals surface area contributed by atoms with E-state index in [2.05, 4.69) is 31.1 Å². The highest BCUT2D eigenvalue weighted by atomic mass is 16.1. The van der Waals surface area contributed by atoms with Crippen LogP contribution < -0.4 is 5.32 Å². The van der Waals surface area contributed by atoms with E-state index in [4.69, 9.17) is 0 Å². The Morgan fingerprint density at radius 1 is 1.62 bits per heavy atom. The minimum absolute atomic E-state index is 0.161. The Kier molecular flexibility index (Phi) is 2.96. The highest BCUT2D eigenvalue weighted by Crippen LogP contribution is 2.36. The van der Waals surface area contributed by atoms with Gasteiger partial charge in [0.15, 0.2) is 0 Å². The highest BCUT2D eigenvalue weighted by Gasteiger charge is 2.38. The van der Waals surface area contributed by atoms with Gasteiger partial charge in [-0.15, -0.1) is 0 Å². The summed E-state index contributed by atoms with van der Waals surface area (Å²) in [5.74, 6) is 0.658. The first-order valence-corrected chi connectivity index (χ1v) is 4.85. The quantitative estimate of drug-likeness (QED) is 0.685. The van der Waals surface area contributed by atoms with Gasteiger partial charge >= 0.3 is 0 Å². The topological polar surface area (TPSA) is 32.3 Å². The first-order valence-electron chi connectivity index (χ1n) is 4.85. The maximum absolute atomic E-state index is 11.2. The third kappa shape index (κ3) is 2.44. The second kappa shape index (κ2) is 3.66. The van der Waals surface area contributed by atoms with Crippen molar-refractivity contribution in [2.24, 2.45) is 11.3 Å². The Hall–Kier alpha value is -0.570. The zero-order chi connectivity index (χ0) is 10.1. The predicted molar refractivity (Wildman–Crippen MR) is 53.5 cm³/mol. The minimum Gasteiger partial charge on any atom is -0.359 e. The van der Waals surface area contributed by atoms with Crippen molar-refractivity contribution in [2.45, 2.75) is 20.3 Å². The molecule has 0 radical (unpaired) electrons. The second-order valence-electron chi connectivity index (χ2n) is 4.76.